The molecule has 0 amide bonds. The molecule has 0 saturated heterocycles. The Balaban J connectivity index is 0.0000000995. The van der Waals surface area contributed by atoms with Crippen molar-refractivity contribution < 1.29 is 13.3 Å². The average molecular weight is 1910 g/mol. The second-order valence-electron chi connectivity index (χ2n) is 38.9. The molecular weight excluding hydrogens is 1840 g/mol. The van der Waals surface area contributed by atoms with Crippen LogP contribution in [0.5, 0.6) is 0 Å². The van der Waals surface area contributed by atoms with Crippen LogP contribution in [0.15, 0.2) is 480 Å². The van der Waals surface area contributed by atoms with Gasteiger partial charge in [0.25, 0.3) is 0 Å². The van der Waals surface area contributed by atoms with Gasteiger partial charge in [-0.25, -0.2) is 29.9 Å². The largest absolute Gasteiger partial charge is 0.456 e. The minimum atomic E-state index is 0.588. The van der Waals surface area contributed by atoms with Crippen molar-refractivity contribution >= 4 is 164 Å². The van der Waals surface area contributed by atoms with E-state index in [1.807, 2.05) is 164 Å². The first-order chi connectivity index (χ1) is 74.4. The first-order valence-electron chi connectivity index (χ1n) is 50.6. The number of fused-ring (bicyclic) bond motifs is 18. The van der Waals surface area contributed by atoms with Gasteiger partial charge < -0.3 is 17.8 Å². The van der Waals surface area contributed by atoms with Crippen molar-refractivity contribution in [3.63, 3.8) is 0 Å². The average Bonchev–Trinajstić information content (AvgIpc) is 1.54. The van der Waals surface area contributed by atoms with Gasteiger partial charge in [0.1, 0.15) is 33.5 Å². The van der Waals surface area contributed by atoms with E-state index in [2.05, 4.69) is 317 Å². The number of hydrogen-bond donors (Lipinski definition) is 0. The Labute approximate surface area is 855 Å². The highest BCUT2D eigenvalue weighted by Gasteiger charge is 2.34. The summed E-state index contributed by atoms with van der Waals surface area (Å²) in [4.78, 5) is 40.8. The quantitative estimate of drug-likeness (QED) is 0.128. The van der Waals surface area contributed by atoms with Gasteiger partial charge in [0.05, 0.1) is 44.5 Å². The molecule has 0 aliphatic heterocycles. The summed E-state index contributed by atoms with van der Waals surface area (Å²) in [5.41, 5.74) is 35.9. The van der Waals surface area contributed by atoms with Crippen molar-refractivity contribution in [2.24, 2.45) is 0 Å². The fourth-order valence-corrected chi connectivity index (χ4v) is 24.2. The zero-order valence-electron chi connectivity index (χ0n) is 80.1. The van der Waals surface area contributed by atoms with E-state index in [-0.39, 0.29) is 0 Å². The summed E-state index contributed by atoms with van der Waals surface area (Å²) >= 11 is 0. The molecule has 9 heterocycles. The van der Waals surface area contributed by atoms with Crippen LogP contribution in [0, 0.1) is 0 Å². The molecule has 0 bridgehead atoms. The molecule has 0 atom stereocenters. The molecule has 150 heavy (non-hydrogen) atoms. The van der Waals surface area contributed by atoms with Crippen molar-refractivity contribution in [2.45, 2.75) is 0 Å². The number of hydrogen-bond acceptors (Lipinski definition) is 11. The maximum atomic E-state index is 6.46. The van der Waals surface area contributed by atoms with Crippen LogP contribution < -0.4 is 0 Å². The van der Waals surface area contributed by atoms with Gasteiger partial charge in [-0.1, -0.05) is 358 Å². The highest BCUT2D eigenvalue weighted by molar-refractivity contribution is 6.35. The molecule has 0 saturated carbocycles. The fraction of sp³-hybridized carbons (Fsp3) is 0. The molecule has 694 valence electrons. The molecule has 14 heteroatoms. The number of furan rings is 3. The summed E-state index contributed by atoms with van der Waals surface area (Å²) in [6, 6.07) is 164. The van der Waals surface area contributed by atoms with Crippen LogP contribution >= 0.6 is 0 Å². The standard InChI is InChI=1S/C49H28N4O.C44H25N3O.C43H24N4O/c1-3-12-30(13-4-1)47-50-48(31-14-5-2-6-15-31)52-49(51-47)32-17-9-18-33(26-32)53-40-22-11-21-36-38-28-43-39(34-19-7-8-23-42(34)54-43)27-37(38)35-20-10-16-29-24-25-41(53)46(44(29)35)45(36)40;1-3-11-26(12-4-1)35-25-36(27-13-5-2-6-14-27)46-44(45-35)47-37-19-10-18-31-33-24-40-34(29-16-7-8-20-39(29)48-40)23-32(33)30-17-9-15-28-21-22-38(47)43(41(28)30)42(31)37;1-3-11-26(12-4-1)41-44-42(27-13-5-2-6-14-27)46-43(45-41)47-34-19-10-18-30-32-24-37-33(28-16-7-8-20-36(28)48-37)23-31(32)29-17-9-15-25-21-22-35(47)40(38(25)29)39(30)34/h1-28H;1-25H;1-24H. The van der Waals surface area contributed by atoms with Gasteiger partial charge in [0.2, 0.25) is 11.9 Å². The molecule has 3 aliphatic carbocycles. The first-order valence-corrected chi connectivity index (χ1v) is 50.6. The molecule has 34 rings (SSSR count). The lowest BCUT2D eigenvalue weighted by molar-refractivity contribution is 0.668. The van der Waals surface area contributed by atoms with Crippen LogP contribution in [-0.4, -0.2) is 53.6 Å². The van der Waals surface area contributed by atoms with Gasteiger partial charge in [0.15, 0.2) is 29.1 Å². The van der Waals surface area contributed by atoms with E-state index in [9.17, 15) is 0 Å². The normalized spacial score (nSPS) is 12.1. The molecule has 31 aromatic rings. The molecule has 0 unspecified atom stereocenters. The van der Waals surface area contributed by atoms with Crippen molar-refractivity contribution in [2.75, 3.05) is 0 Å². The molecule has 0 N–H and O–H groups in total. The second-order valence-corrected chi connectivity index (χ2v) is 38.9. The van der Waals surface area contributed by atoms with Crippen LogP contribution in [0.4, 0.5) is 0 Å². The van der Waals surface area contributed by atoms with Crippen LogP contribution in [0.25, 0.3) is 327 Å². The third-order valence-electron chi connectivity index (χ3n) is 30.7. The predicted octanol–water partition coefficient (Wildman–Crippen LogP) is 35.3. The van der Waals surface area contributed by atoms with E-state index in [1.54, 1.807) is 0 Å². The van der Waals surface area contributed by atoms with Crippen molar-refractivity contribution in [3.05, 3.63) is 467 Å². The number of benzene rings is 22. The SMILES string of the molecule is c1ccc(-c2cc(-c3ccccc3)nc(-n3c4cccc5c4c4c6c(cccc6ccc43)-c3cc4c(cc3-5)oc3ccccc34)n2)cc1.c1ccc(-c2nc(-c3ccccc3)nc(-c3cccc(-n4c5cccc6c5c5c7c(cccc7ccc54)-c4cc5c(cc4-6)oc4ccccc45)c3)n2)cc1.c1ccc(-c2nc(-c3ccccc3)nc(-n3c4cccc5c4c4c6c(cccc6ccc43)-c3cc4c(cc3-5)oc3ccccc34)n2)cc1. The Morgan fingerprint density at radius 3 is 0.773 bits per heavy atom. The molecular formula is C136H77N11O3. The maximum absolute atomic E-state index is 6.46. The lowest BCUT2D eigenvalue weighted by atomic mass is 9.92. The van der Waals surface area contributed by atoms with Crippen LogP contribution in [0.3, 0.4) is 0 Å². The topological polar surface area (TPSA) is 157 Å². The first kappa shape index (κ1) is 83.0. The second kappa shape index (κ2) is 32.5. The summed E-state index contributed by atoms with van der Waals surface area (Å²) in [5.74, 6) is 4.43. The Hall–Kier alpha value is -20.5. The number of aromatic nitrogens is 11. The zero-order valence-corrected chi connectivity index (χ0v) is 80.1. The highest BCUT2D eigenvalue weighted by Crippen LogP contribution is 2.57. The minimum absolute atomic E-state index is 0.588. The van der Waals surface area contributed by atoms with E-state index in [0.717, 1.165) is 166 Å². The van der Waals surface area contributed by atoms with E-state index >= 15 is 0 Å². The summed E-state index contributed by atoms with van der Waals surface area (Å²) in [6.45, 7) is 0. The lowest BCUT2D eigenvalue weighted by Gasteiger charge is -2.14. The summed E-state index contributed by atoms with van der Waals surface area (Å²) < 4.78 is 26.2. The maximum Gasteiger partial charge on any atom is 0.238 e. The van der Waals surface area contributed by atoms with E-state index in [4.69, 9.17) is 53.1 Å². The zero-order chi connectivity index (χ0) is 98.0. The van der Waals surface area contributed by atoms with Gasteiger partial charge in [0, 0.05) is 109 Å². The number of nitrogens with zero attached hydrogens (tertiary/aromatic N) is 11. The Morgan fingerprint density at radius 1 is 0.147 bits per heavy atom. The Bertz CT molecular complexity index is 10600. The van der Waals surface area contributed by atoms with Gasteiger partial charge >= 0.3 is 0 Å². The minimum Gasteiger partial charge on any atom is -0.456 e. The van der Waals surface area contributed by atoms with Crippen LogP contribution in [-0.2, 0) is 0 Å². The van der Waals surface area contributed by atoms with Gasteiger partial charge in [-0.15, -0.1) is 0 Å². The molecule has 9 aromatic heterocycles. The lowest BCUT2D eigenvalue weighted by Crippen LogP contribution is -2.06. The van der Waals surface area contributed by atoms with Crippen molar-refractivity contribution in [1.82, 2.24) is 53.6 Å². The highest BCUT2D eigenvalue weighted by atomic mass is 16.3. The van der Waals surface area contributed by atoms with Gasteiger partial charge in [-0.3, -0.25) is 9.13 Å². The molecule has 0 spiro atoms. The molecule has 14 nitrogen and oxygen atoms in total. The van der Waals surface area contributed by atoms with Crippen LogP contribution in [0.1, 0.15) is 0 Å². The Morgan fingerprint density at radius 2 is 0.413 bits per heavy atom. The molecule has 0 fully saturated rings. The third-order valence-corrected chi connectivity index (χ3v) is 30.7. The summed E-state index contributed by atoms with van der Waals surface area (Å²) in [7, 11) is 0. The van der Waals surface area contributed by atoms with Crippen molar-refractivity contribution in [1.29, 1.82) is 0 Å². The smallest absolute Gasteiger partial charge is 0.238 e. The van der Waals surface area contributed by atoms with E-state index in [1.165, 1.54) is 120 Å². The number of para-hydroxylation sites is 3. The van der Waals surface area contributed by atoms with Gasteiger partial charge in [-0.2, -0.15) is 9.97 Å². The summed E-state index contributed by atoms with van der Waals surface area (Å²) in [6.07, 6.45) is 0. The molecule has 0 radical (unpaired) electrons. The third kappa shape index (κ3) is 12.7. The van der Waals surface area contributed by atoms with Gasteiger partial charge in [-0.05, 0) is 208 Å². The van der Waals surface area contributed by atoms with Crippen molar-refractivity contribution in [3.8, 4) is 164 Å². The van der Waals surface area contributed by atoms with E-state index < -0.39 is 0 Å². The Kier molecular flexibility index (Phi) is 18.0. The van der Waals surface area contributed by atoms with Crippen LogP contribution in [0.2, 0.25) is 0 Å². The number of rotatable bonds is 10. The van der Waals surface area contributed by atoms with E-state index in [0.29, 0.717) is 41.0 Å². The monoisotopic (exact) mass is 1910 g/mol. The fourth-order valence-electron chi connectivity index (χ4n) is 24.2. The predicted molar refractivity (Wildman–Crippen MR) is 610 cm³/mol. The summed E-state index contributed by atoms with van der Waals surface area (Å²) in [5, 5.41) is 21.5. The molecule has 3 aliphatic rings. The molecule has 22 aromatic carbocycles.